The summed E-state index contributed by atoms with van der Waals surface area (Å²) in [6, 6.07) is 6.13. The molecule has 1 amide bonds. The van der Waals surface area contributed by atoms with Crippen molar-refractivity contribution in [2.24, 2.45) is 5.92 Å². The van der Waals surface area contributed by atoms with E-state index in [0.29, 0.717) is 19.0 Å². The van der Waals surface area contributed by atoms with Crippen molar-refractivity contribution in [2.75, 3.05) is 13.1 Å². The van der Waals surface area contributed by atoms with E-state index in [-0.39, 0.29) is 11.6 Å². The van der Waals surface area contributed by atoms with Crippen LogP contribution in [0.5, 0.6) is 0 Å². The van der Waals surface area contributed by atoms with Crippen LogP contribution in [0, 0.1) is 5.92 Å². The molecular weight excluding hydrogens is 355 g/mol. The predicted octanol–water partition coefficient (Wildman–Crippen LogP) is 4.62. The summed E-state index contributed by atoms with van der Waals surface area (Å²) in [5.41, 5.74) is -0.758. The lowest BCUT2D eigenvalue weighted by molar-refractivity contribution is -0.137. The second-order valence-electron chi connectivity index (χ2n) is 7.08. The molecule has 0 unspecified atom stereocenters. The number of rotatable bonds is 6. The van der Waals surface area contributed by atoms with E-state index in [1.807, 2.05) is 12.1 Å². The van der Waals surface area contributed by atoms with E-state index in [4.69, 9.17) is 0 Å². The van der Waals surface area contributed by atoms with Crippen LogP contribution >= 0.6 is 0 Å². The van der Waals surface area contributed by atoms with Crippen LogP contribution in [0.4, 0.5) is 13.2 Å². The van der Waals surface area contributed by atoms with Gasteiger partial charge in [-0.05, 0) is 49.4 Å². The van der Waals surface area contributed by atoms with Gasteiger partial charge in [-0.1, -0.05) is 12.8 Å². The fourth-order valence-electron chi connectivity index (χ4n) is 3.52. The molecule has 0 aliphatic carbocycles. The maximum absolute atomic E-state index is 12.6. The van der Waals surface area contributed by atoms with Crippen LogP contribution in [-0.4, -0.2) is 33.4 Å². The molecule has 1 aliphatic heterocycles. The van der Waals surface area contributed by atoms with Crippen molar-refractivity contribution in [3.63, 3.8) is 0 Å². The van der Waals surface area contributed by atoms with Crippen LogP contribution in [0.25, 0.3) is 0 Å². The van der Waals surface area contributed by atoms with Gasteiger partial charge in [0.25, 0.3) is 5.91 Å². The maximum Gasteiger partial charge on any atom is 0.417 e. The third-order valence-corrected chi connectivity index (χ3v) is 5.16. The molecule has 1 aliphatic rings. The first-order valence-electron chi connectivity index (χ1n) is 9.37. The van der Waals surface area contributed by atoms with Crippen LogP contribution in [-0.2, 0) is 12.7 Å². The van der Waals surface area contributed by atoms with E-state index in [9.17, 15) is 18.0 Å². The number of carbonyl (C=O) groups excluding carboxylic acids is 1. The van der Waals surface area contributed by atoms with E-state index in [1.165, 1.54) is 6.07 Å². The Balaban J connectivity index is 1.41. The molecule has 0 spiro atoms. The number of pyridine rings is 1. The van der Waals surface area contributed by atoms with Crippen molar-refractivity contribution in [1.82, 2.24) is 14.5 Å². The molecule has 7 heteroatoms. The summed E-state index contributed by atoms with van der Waals surface area (Å²) in [4.78, 5) is 17.8. The Morgan fingerprint density at radius 1 is 1.11 bits per heavy atom. The lowest BCUT2D eigenvalue weighted by atomic mass is 9.91. The molecule has 3 rings (SSSR count). The summed E-state index contributed by atoms with van der Waals surface area (Å²) in [5.74, 6) is 0.328. The summed E-state index contributed by atoms with van der Waals surface area (Å²) >= 11 is 0. The number of nitrogens with zero attached hydrogens (tertiary/aromatic N) is 3. The number of halogens is 3. The quantitative estimate of drug-likeness (QED) is 0.687. The molecular formula is C20H24F3N3O. The molecule has 0 saturated carbocycles. The summed E-state index contributed by atoms with van der Waals surface area (Å²) in [6.07, 6.45) is 5.77. The molecule has 1 fully saturated rings. The molecule has 1 saturated heterocycles. The number of aryl methyl sites for hydroxylation is 1. The minimum atomic E-state index is -4.44. The molecule has 0 radical (unpaired) electrons. The number of piperidine rings is 1. The van der Waals surface area contributed by atoms with Gasteiger partial charge in [0.1, 0.15) is 5.69 Å². The first-order valence-corrected chi connectivity index (χ1v) is 9.37. The van der Waals surface area contributed by atoms with Crippen molar-refractivity contribution in [3.05, 3.63) is 54.1 Å². The van der Waals surface area contributed by atoms with E-state index in [2.05, 4.69) is 21.9 Å². The summed E-state index contributed by atoms with van der Waals surface area (Å²) in [5, 5.41) is 0. The Hall–Kier alpha value is -2.31. The zero-order chi connectivity index (χ0) is 19.3. The van der Waals surface area contributed by atoms with E-state index < -0.39 is 11.7 Å². The third-order valence-electron chi connectivity index (χ3n) is 5.16. The first kappa shape index (κ1) is 19.5. The number of amides is 1. The molecule has 2 aromatic rings. The number of alkyl halides is 3. The lowest BCUT2D eigenvalue weighted by Crippen LogP contribution is -2.38. The van der Waals surface area contributed by atoms with Crippen LogP contribution in [0.15, 0.2) is 42.9 Å². The van der Waals surface area contributed by atoms with Crippen molar-refractivity contribution in [1.29, 1.82) is 0 Å². The summed E-state index contributed by atoms with van der Waals surface area (Å²) in [6.45, 7) is 2.32. The Labute approximate surface area is 157 Å². The normalized spacial score (nSPS) is 15.9. The van der Waals surface area contributed by atoms with Gasteiger partial charge in [-0.3, -0.25) is 9.78 Å². The molecule has 0 N–H and O–H groups in total. The fraction of sp³-hybridized carbons (Fsp3) is 0.500. The number of aromatic nitrogens is 2. The number of carbonyl (C=O) groups is 1. The Bertz CT molecular complexity index is 718. The third kappa shape index (κ3) is 5.34. The highest BCUT2D eigenvalue weighted by molar-refractivity contribution is 5.92. The van der Waals surface area contributed by atoms with Gasteiger partial charge in [0, 0.05) is 38.2 Å². The van der Waals surface area contributed by atoms with Crippen LogP contribution in [0.1, 0.15) is 48.2 Å². The average molecular weight is 379 g/mol. The van der Waals surface area contributed by atoms with Crippen molar-refractivity contribution in [2.45, 2.75) is 44.8 Å². The molecule has 27 heavy (non-hydrogen) atoms. The van der Waals surface area contributed by atoms with Crippen molar-refractivity contribution in [3.8, 4) is 0 Å². The van der Waals surface area contributed by atoms with Crippen molar-refractivity contribution < 1.29 is 18.0 Å². The highest BCUT2D eigenvalue weighted by atomic mass is 19.4. The Kier molecular flexibility index (Phi) is 6.19. The predicted molar refractivity (Wildman–Crippen MR) is 96.1 cm³/mol. The van der Waals surface area contributed by atoms with Gasteiger partial charge in [0.2, 0.25) is 0 Å². The average Bonchev–Trinajstić information content (AvgIpc) is 3.18. The van der Waals surface area contributed by atoms with Crippen LogP contribution in [0.2, 0.25) is 0 Å². The monoisotopic (exact) mass is 379 g/mol. The molecule has 0 atom stereocenters. The van der Waals surface area contributed by atoms with E-state index in [1.54, 1.807) is 4.90 Å². The second kappa shape index (κ2) is 8.59. The van der Waals surface area contributed by atoms with Gasteiger partial charge in [0.15, 0.2) is 0 Å². The number of hydrogen-bond acceptors (Lipinski definition) is 2. The van der Waals surface area contributed by atoms with Gasteiger partial charge in [0.05, 0.1) is 5.56 Å². The van der Waals surface area contributed by atoms with Crippen LogP contribution < -0.4 is 0 Å². The largest absolute Gasteiger partial charge is 0.417 e. The number of hydrogen-bond donors (Lipinski definition) is 0. The molecule has 4 nitrogen and oxygen atoms in total. The minimum absolute atomic E-state index is 0.0770. The molecule has 2 aromatic heterocycles. The molecule has 146 valence electrons. The smallest absolute Gasteiger partial charge is 0.354 e. The fourth-order valence-corrected chi connectivity index (χ4v) is 3.52. The molecule has 0 aromatic carbocycles. The van der Waals surface area contributed by atoms with Crippen LogP contribution in [0.3, 0.4) is 0 Å². The second-order valence-corrected chi connectivity index (χ2v) is 7.08. The zero-order valence-corrected chi connectivity index (χ0v) is 15.2. The van der Waals surface area contributed by atoms with Gasteiger partial charge < -0.3 is 9.47 Å². The Morgan fingerprint density at radius 3 is 2.41 bits per heavy atom. The highest BCUT2D eigenvalue weighted by Gasteiger charge is 2.31. The topological polar surface area (TPSA) is 38.1 Å². The summed E-state index contributed by atoms with van der Waals surface area (Å²) < 4.78 is 39.9. The van der Waals surface area contributed by atoms with Gasteiger partial charge in [-0.2, -0.15) is 13.2 Å². The number of unbranched alkanes of at least 4 members (excludes halogenated alkanes) is 1. The minimum Gasteiger partial charge on any atom is -0.354 e. The molecule has 0 bridgehead atoms. The van der Waals surface area contributed by atoms with Gasteiger partial charge in [-0.15, -0.1) is 0 Å². The first-order chi connectivity index (χ1) is 12.9. The lowest BCUT2D eigenvalue weighted by Gasteiger charge is -2.32. The van der Waals surface area contributed by atoms with Gasteiger partial charge in [-0.25, -0.2) is 0 Å². The zero-order valence-electron chi connectivity index (χ0n) is 15.2. The Morgan fingerprint density at radius 2 is 1.81 bits per heavy atom. The molecule has 3 heterocycles. The van der Waals surface area contributed by atoms with E-state index in [0.717, 1.165) is 50.9 Å². The van der Waals surface area contributed by atoms with Crippen molar-refractivity contribution >= 4 is 5.91 Å². The highest BCUT2D eigenvalue weighted by Crippen LogP contribution is 2.29. The van der Waals surface area contributed by atoms with Gasteiger partial charge >= 0.3 is 6.18 Å². The summed E-state index contributed by atoms with van der Waals surface area (Å²) in [7, 11) is 0. The SMILES string of the molecule is O=C(c1ccc(C(F)(F)F)cn1)N1CCC(CCCCn2cccc2)CC1. The standard InChI is InChI=1S/C20H24F3N3O/c21-20(22,23)17-6-7-18(24-15-17)19(27)26-13-8-16(9-14-26)5-1-2-10-25-11-3-4-12-25/h3-4,6-7,11-12,15-16H,1-2,5,8-10,13-14H2. The maximum atomic E-state index is 12.6. The van der Waals surface area contributed by atoms with E-state index >= 15 is 0 Å². The number of likely N-dealkylation sites (tertiary alicyclic amines) is 1.